The predicted molar refractivity (Wildman–Crippen MR) is 124 cm³/mol. The number of nitrogens with one attached hydrogen (secondary N) is 2. The van der Waals surface area contributed by atoms with Crippen LogP contribution in [0.3, 0.4) is 0 Å². The molecule has 1 aromatic carbocycles. The fourth-order valence-electron chi connectivity index (χ4n) is 4.69. The highest BCUT2D eigenvalue weighted by molar-refractivity contribution is 6.08. The van der Waals surface area contributed by atoms with Crippen LogP contribution in [0.4, 0.5) is 10.6 Å². The monoisotopic (exact) mass is 450 g/mol. The van der Waals surface area contributed by atoms with Gasteiger partial charge in [-0.1, -0.05) is 32.9 Å². The third-order valence-corrected chi connectivity index (χ3v) is 6.47. The van der Waals surface area contributed by atoms with Gasteiger partial charge in [-0.05, 0) is 37.0 Å². The third kappa shape index (κ3) is 3.92. The average molecular weight is 451 g/mol. The number of aromatic nitrogens is 2. The molecule has 33 heavy (non-hydrogen) atoms. The van der Waals surface area contributed by atoms with Crippen molar-refractivity contribution < 1.29 is 14.4 Å². The van der Waals surface area contributed by atoms with E-state index in [1.54, 1.807) is 30.5 Å². The van der Waals surface area contributed by atoms with Crippen LogP contribution in [0, 0.1) is 19.3 Å². The lowest BCUT2D eigenvalue weighted by molar-refractivity contribution is -0.128. The number of imide groups is 1. The lowest BCUT2D eigenvalue weighted by Crippen LogP contribution is -2.53. The van der Waals surface area contributed by atoms with E-state index in [1.807, 2.05) is 39.5 Å². The number of amides is 4. The quantitative estimate of drug-likeness (QED) is 0.694. The maximum atomic E-state index is 13.1. The second kappa shape index (κ2) is 8.13. The highest BCUT2D eigenvalue weighted by Crippen LogP contribution is 2.41. The van der Waals surface area contributed by atoms with Gasteiger partial charge in [0.25, 0.3) is 11.8 Å². The van der Waals surface area contributed by atoms with Crippen molar-refractivity contribution in [2.75, 3.05) is 31.1 Å². The van der Waals surface area contributed by atoms with Crippen molar-refractivity contribution in [2.24, 2.45) is 5.41 Å². The van der Waals surface area contributed by atoms with Crippen LogP contribution in [0.5, 0.6) is 0 Å². The summed E-state index contributed by atoms with van der Waals surface area (Å²) in [6, 6.07) is 6.45. The number of hydrogen-bond donors (Lipinski definition) is 2. The standard InChI is InChI=1S/C24H30N6O3/c1-15-14-25-19(16(2)26-15)29-10-12-30(13-11-29)20(31)17-6-8-18(9-7-17)24(23(3,4)5)21(32)27-22(33)28-24/h6-9,14H,10-13H2,1-5H3,(H2,27,28,32,33). The molecule has 0 radical (unpaired) electrons. The fourth-order valence-corrected chi connectivity index (χ4v) is 4.69. The van der Waals surface area contributed by atoms with Gasteiger partial charge in [-0.2, -0.15) is 0 Å². The Morgan fingerprint density at radius 2 is 1.67 bits per heavy atom. The Kier molecular flexibility index (Phi) is 5.59. The second-order valence-corrected chi connectivity index (χ2v) is 9.69. The van der Waals surface area contributed by atoms with Gasteiger partial charge in [0.1, 0.15) is 5.82 Å². The molecule has 2 aliphatic rings. The van der Waals surface area contributed by atoms with Crippen LogP contribution >= 0.6 is 0 Å². The van der Waals surface area contributed by atoms with Gasteiger partial charge in [0.15, 0.2) is 5.54 Å². The molecule has 3 heterocycles. The number of carbonyl (C=O) groups excluding carboxylic acids is 3. The summed E-state index contributed by atoms with van der Waals surface area (Å²) in [5.41, 5.74) is 1.21. The number of aryl methyl sites for hydroxylation is 2. The predicted octanol–water partition coefficient (Wildman–Crippen LogP) is 2.14. The van der Waals surface area contributed by atoms with Gasteiger partial charge in [-0.3, -0.25) is 19.9 Å². The Labute approximate surface area is 193 Å². The van der Waals surface area contributed by atoms with Gasteiger partial charge in [-0.15, -0.1) is 0 Å². The Morgan fingerprint density at radius 3 is 2.18 bits per heavy atom. The van der Waals surface area contributed by atoms with Crippen molar-refractivity contribution >= 4 is 23.7 Å². The molecule has 0 spiro atoms. The SMILES string of the molecule is Cc1cnc(N2CCN(C(=O)c3ccc(C4(C(C)(C)C)NC(=O)NC4=O)cc3)CC2)c(C)n1. The number of piperazine rings is 1. The van der Waals surface area contributed by atoms with E-state index >= 15 is 0 Å². The first-order valence-corrected chi connectivity index (χ1v) is 11.1. The molecule has 1 atom stereocenters. The maximum Gasteiger partial charge on any atom is 0.322 e. The second-order valence-electron chi connectivity index (χ2n) is 9.69. The molecule has 4 rings (SSSR count). The van der Waals surface area contributed by atoms with E-state index < -0.39 is 17.0 Å². The van der Waals surface area contributed by atoms with Crippen molar-refractivity contribution in [3.05, 3.63) is 53.0 Å². The van der Waals surface area contributed by atoms with Crippen LogP contribution in [0.2, 0.25) is 0 Å². The largest absolute Gasteiger partial charge is 0.352 e. The van der Waals surface area contributed by atoms with Gasteiger partial charge in [0, 0.05) is 31.7 Å². The summed E-state index contributed by atoms with van der Waals surface area (Å²) < 4.78 is 0. The maximum absolute atomic E-state index is 13.1. The van der Waals surface area contributed by atoms with E-state index in [-0.39, 0.29) is 11.8 Å². The summed E-state index contributed by atoms with van der Waals surface area (Å²) >= 11 is 0. The zero-order valence-corrected chi connectivity index (χ0v) is 19.7. The lowest BCUT2D eigenvalue weighted by atomic mass is 9.69. The lowest BCUT2D eigenvalue weighted by Gasteiger charge is -2.39. The summed E-state index contributed by atoms with van der Waals surface area (Å²) in [4.78, 5) is 50.7. The van der Waals surface area contributed by atoms with Gasteiger partial charge < -0.3 is 15.1 Å². The Bertz CT molecular complexity index is 1100. The van der Waals surface area contributed by atoms with Gasteiger partial charge >= 0.3 is 6.03 Å². The molecular formula is C24H30N6O3. The number of benzene rings is 1. The van der Waals surface area contributed by atoms with Crippen molar-refractivity contribution in [1.82, 2.24) is 25.5 Å². The summed E-state index contributed by atoms with van der Waals surface area (Å²) in [6.07, 6.45) is 1.76. The Morgan fingerprint density at radius 1 is 1.03 bits per heavy atom. The molecule has 2 aliphatic heterocycles. The number of rotatable bonds is 3. The van der Waals surface area contributed by atoms with E-state index in [0.717, 1.165) is 17.2 Å². The first kappa shape index (κ1) is 22.7. The highest BCUT2D eigenvalue weighted by Gasteiger charge is 2.55. The highest BCUT2D eigenvalue weighted by atomic mass is 16.2. The Hall–Kier alpha value is -3.49. The molecule has 9 heteroatoms. The van der Waals surface area contributed by atoms with E-state index in [9.17, 15) is 14.4 Å². The van der Waals surface area contributed by atoms with E-state index in [2.05, 4.69) is 25.5 Å². The minimum absolute atomic E-state index is 0.0578. The molecule has 1 aromatic heterocycles. The molecule has 1 unspecified atom stereocenters. The fraction of sp³-hybridized carbons (Fsp3) is 0.458. The van der Waals surface area contributed by atoms with Crippen LogP contribution in [0.15, 0.2) is 30.5 Å². The molecule has 9 nitrogen and oxygen atoms in total. The van der Waals surface area contributed by atoms with Crippen LogP contribution in [-0.2, 0) is 10.3 Å². The number of carbonyl (C=O) groups is 3. The van der Waals surface area contributed by atoms with Crippen molar-refractivity contribution in [3.63, 3.8) is 0 Å². The molecule has 4 amide bonds. The molecule has 2 fully saturated rings. The van der Waals surface area contributed by atoms with Crippen LogP contribution < -0.4 is 15.5 Å². The summed E-state index contributed by atoms with van der Waals surface area (Å²) in [6.45, 7) is 12.1. The molecule has 0 saturated carbocycles. The molecule has 174 valence electrons. The minimum atomic E-state index is -1.19. The summed E-state index contributed by atoms with van der Waals surface area (Å²) in [5.74, 6) is 0.420. The van der Waals surface area contributed by atoms with E-state index in [0.29, 0.717) is 37.3 Å². The minimum Gasteiger partial charge on any atom is -0.352 e. The topological polar surface area (TPSA) is 108 Å². The zero-order valence-electron chi connectivity index (χ0n) is 19.7. The van der Waals surface area contributed by atoms with E-state index in [4.69, 9.17) is 0 Å². The number of hydrogen-bond acceptors (Lipinski definition) is 6. The molecule has 0 bridgehead atoms. The van der Waals surface area contributed by atoms with Gasteiger partial charge in [-0.25, -0.2) is 9.78 Å². The molecule has 2 N–H and O–H groups in total. The molecule has 2 aromatic rings. The van der Waals surface area contributed by atoms with E-state index in [1.165, 1.54) is 0 Å². The van der Waals surface area contributed by atoms with Gasteiger partial charge in [0.2, 0.25) is 0 Å². The third-order valence-electron chi connectivity index (χ3n) is 6.47. The van der Waals surface area contributed by atoms with Crippen molar-refractivity contribution in [2.45, 2.75) is 40.2 Å². The zero-order chi connectivity index (χ0) is 24.0. The first-order chi connectivity index (χ1) is 15.5. The molecule has 0 aliphatic carbocycles. The first-order valence-electron chi connectivity index (χ1n) is 11.1. The van der Waals surface area contributed by atoms with Crippen LogP contribution in [0.1, 0.15) is 48.1 Å². The molecule has 2 saturated heterocycles. The van der Waals surface area contributed by atoms with Gasteiger partial charge in [0.05, 0.1) is 17.6 Å². The average Bonchev–Trinajstić information content (AvgIpc) is 3.08. The van der Waals surface area contributed by atoms with Crippen LogP contribution in [0.25, 0.3) is 0 Å². The van der Waals surface area contributed by atoms with Crippen molar-refractivity contribution in [1.29, 1.82) is 0 Å². The normalized spacial score (nSPS) is 21.1. The number of anilines is 1. The number of nitrogens with zero attached hydrogens (tertiary/aromatic N) is 4. The number of urea groups is 1. The smallest absolute Gasteiger partial charge is 0.322 e. The molecular weight excluding hydrogens is 420 g/mol. The van der Waals surface area contributed by atoms with Crippen LogP contribution in [-0.4, -0.2) is 58.9 Å². The Balaban J connectivity index is 1.48. The van der Waals surface area contributed by atoms with Crippen molar-refractivity contribution in [3.8, 4) is 0 Å². The summed E-state index contributed by atoms with van der Waals surface area (Å²) in [5, 5.41) is 5.15. The summed E-state index contributed by atoms with van der Waals surface area (Å²) in [7, 11) is 0.